The predicted molar refractivity (Wildman–Crippen MR) is 320 cm³/mol. The Morgan fingerprint density at radius 2 is 0.527 bits per heavy atom. The molecule has 0 saturated heterocycles. The molecule has 0 radical (unpaired) electrons. The fraction of sp³-hybridized carbons (Fsp3) is 0.691. The highest BCUT2D eigenvalue weighted by atomic mass is 16.6. The molecule has 0 bridgehead atoms. The van der Waals surface area contributed by atoms with Crippen LogP contribution in [0.4, 0.5) is 0 Å². The average Bonchev–Trinajstić information content (AvgIpc) is 3.40. The van der Waals surface area contributed by atoms with Crippen LogP contribution in [0, 0.1) is 0 Å². The monoisotopic (exact) mass is 1030 g/mol. The molecule has 0 fully saturated rings. The number of rotatable bonds is 55. The summed E-state index contributed by atoms with van der Waals surface area (Å²) in [6.07, 6.45) is 83.8. The molecule has 0 spiro atoms. The Morgan fingerprint density at radius 1 is 0.284 bits per heavy atom. The van der Waals surface area contributed by atoms with E-state index < -0.39 is 6.10 Å². The second kappa shape index (κ2) is 61.6. The maximum atomic E-state index is 12.8. The summed E-state index contributed by atoms with van der Waals surface area (Å²) in [7, 11) is 0. The van der Waals surface area contributed by atoms with Crippen LogP contribution in [0.25, 0.3) is 0 Å². The van der Waals surface area contributed by atoms with Gasteiger partial charge in [-0.2, -0.15) is 0 Å². The predicted octanol–water partition coefficient (Wildman–Crippen LogP) is 21.0. The molecule has 0 heterocycles. The second-order valence-electron chi connectivity index (χ2n) is 20.2. The lowest BCUT2D eigenvalue weighted by Crippen LogP contribution is -2.30. The van der Waals surface area contributed by atoms with E-state index in [-0.39, 0.29) is 31.1 Å². The topological polar surface area (TPSA) is 78.9 Å². The number of ether oxygens (including phenoxy) is 3. The first-order valence-electron chi connectivity index (χ1n) is 30.9. The summed E-state index contributed by atoms with van der Waals surface area (Å²) in [5, 5.41) is 0. The number of allylic oxidation sites excluding steroid dienone is 18. The van der Waals surface area contributed by atoms with Gasteiger partial charge in [0.25, 0.3) is 0 Å². The summed E-state index contributed by atoms with van der Waals surface area (Å²) in [6.45, 7) is 6.50. The van der Waals surface area contributed by atoms with Crippen molar-refractivity contribution in [2.45, 2.75) is 290 Å². The highest BCUT2D eigenvalue weighted by molar-refractivity contribution is 5.71. The maximum Gasteiger partial charge on any atom is 0.306 e. The molecular formula is C68H114O6. The smallest absolute Gasteiger partial charge is 0.306 e. The van der Waals surface area contributed by atoms with Gasteiger partial charge in [0, 0.05) is 19.3 Å². The molecule has 6 heteroatoms. The zero-order valence-corrected chi connectivity index (χ0v) is 48.3. The first kappa shape index (κ1) is 70.1. The van der Waals surface area contributed by atoms with Crippen LogP contribution in [-0.2, 0) is 28.6 Å². The van der Waals surface area contributed by atoms with Gasteiger partial charge in [-0.25, -0.2) is 0 Å². The van der Waals surface area contributed by atoms with Crippen LogP contribution in [-0.4, -0.2) is 37.2 Å². The molecule has 1 atom stereocenters. The van der Waals surface area contributed by atoms with Crippen molar-refractivity contribution in [1.29, 1.82) is 0 Å². The van der Waals surface area contributed by atoms with E-state index in [4.69, 9.17) is 14.2 Å². The Labute approximate surface area is 457 Å². The van der Waals surface area contributed by atoms with E-state index in [0.29, 0.717) is 19.3 Å². The average molecular weight is 1030 g/mol. The Kier molecular flexibility index (Phi) is 58.3. The normalized spacial score (nSPS) is 12.9. The van der Waals surface area contributed by atoms with E-state index in [9.17, 15) is 14.4 Å². The molecule has 0 aromatic carbocycles. The third-order valence-electron chi connectivity index (χ3n) is 13.0. The highest BCUT2D eigenvalue weighted by Gasteiger charge is 2.19. The SMILES string of the molecule is CC/C=C\C/C=C\C/C=C\C/C=C\C/C=C\C/C=C\C/C=C\C/C=C\CCCCCCCCC(=O)OCC(COC(=O)CCCCCCCCCCCCC)OC(=O)CCCCCCC/C=C\CCCCCCC. The first-order valence-corrected chi connectivity index (χ1v) is 30.9. The Balaban J connectivity index is 4.27. The van der Waals surface area contributed by atoms with E-state index >= 15 is 0 Å². The molecule has 0 rings (SSSR count). The summed E-state index contributed by atoms with van der Waals surface area (Å²) in [5.41, 5.74) is 0. The molecule has 0 saturated carbocycles. The molecular weight excluding hydrogens is 913 g/mol. The van der Waals surface area contributed by atoms with Gasteiger partial charge in [0.1, 0.15) is 13.2 Å². The number of unbranched alkanes of at least 4 members (excludes halogenated alkanes) is 26. The van der Waals surface area contributed by atoms with Crippen LogP contribution in [0.3, 0.4) is 0 Å². The Hall–Kier alpha value is -3.93. The minimum atomic E-state index is -0.787. The number of hydrogen-bond donors (Lipinski definition) is 0. The molecule has 0 amide bonds. The van der Waals surface area contributed by atoms with Crippen LogP contribution >= 0.6 is 0 Å². The van der Waals surface area contributed by atoms with Crippen molar-refractivity contribution in [3.63, 3.8) is 0 Å². The van der Waals surface area contributed by atoms with Crippen molar-refractivity contribution in [2.24, 2.45) is 0 Å². The van der Waals surface area contributed by atoms with Crippen LogP contribution in [0.1, 0.15) is 284 Å². The summed E-state index contributed by atoms with van der Waals surface area (Å²) in [6, 6.07) is 0. The lowest BCUT2D eigenvalue weighted by atomic mass is 10.1. The van der Waals surface area contributed by atoms with Crippen molar-refractivity contribution in [2.75, 3.05) is 13.2 Å². The maximum absolute atomic E-state index is 12.8. The number of hydrogen-bond acceptors (Lipinski definition) is 6. The number of carbonyl (C=O) groups is 3. The molecule has 0 aliphatic rings. The molecule has 74 heavy (non-hydrogen) atoms. The van der Waals surface area contributed by atoms with Gasteiger partial charge in [-0.3, -0.25) is 14.4 Å². The zero-order valence-electron chi connectivity index (χ0n) is 48.3. The first-order chi connectivity index (χ1) is 36.5. The van der Waals surface area contributed by atoms with E-state index in [0.717, 1.165) is 135 Å². The van der Waals surface area contributed by atoms with Gasteiger partial charge in [0.05, 0.1) is 0 Å². The van der Waals surface area contributed by atoms with Gasteiger partial charge in [0.15, 0.2) is 6.10 Å². The van der Waals surface area contributed by atoms with E-state index in [2.05, 4.69) is 130 Å². The van der Waals surface area contributed by atoms with E-state index in [1.165, 1.54) is 109 Å². The minimum absolute atomic E-state index is 0.0842. The van der Waals surface area contributed by atoms with Crippen molar-refractivity contribution < 1.29 is 28.6 Å². The van der Waals surface area contributed by atoms with Gasteiger partial charge >= 0.3 is 17.9 Å². The fourth-order valence-electron chi connectivity index (χ4n) is 8.39. The van der Waals surface area contributed by atoms with Crippen LogP contribution in [0.5, 0.6) is 0 Å². The third-order valence-corrected chi connectivity index (χ3v) is 13.0. The number of esters is 3. The molecule has 6 nitrogen and oxygen atoms in total. The van der Waals surface area contributed by atoms with Crippen molar-refractivity contribution in [1.82, 2.24) is 0 Å². The van der Waals surface area contributed by atoms with Crippen LogP contribution < -0.4 is 0 Å². The van der Waals surface area contributed by atoms with E-state index in [1.807, 2.05) is 0 Å². The summed E-state index contributed by atoms with van der Waals surface area (Å²) in [4.78, 5) is 38.1. The van der Waals surface area contributed by atoms with Gasteiger partial charge < -0.3 is 14.2 Å². The molecule has 1 unspecified atom stereocenters. The molecule has 0 N–H and O–H groups in total. The Bertz CT molecular complexity index is 1510. The zero-order chi connectivity index (χ0) is 53.6. The lowest BCUT2D eigenvalue weighted by Gasteiger charge is -2.18. The van der Waals surface area contributed by atoms with Crippen molar-refractivity contribution in [3.8, 4) is 0 Å². The van der Waals surface area contributed by atoms with Crippen molar-refractivity contribution >= 4 is 17.9 Å². The van der Waals surface area contributed by atoms with Gasteiger partial charge in [-0.05, 0) is 109 Å². The summed E-state index contributed by atoms with van der Waals surface area (Å²) < 4.78 is 16.8. The number of carbonyl (C=O) groups excluding carboxylic acids is 3. The Morgan fingerprint density at radius 3 is 0.838 bits per heavy atom. The largest absolute Gasteiger partial charge is 0.462 e. The van der Waals surface area contributed by atoms with Gasteiger partial charge in [-0.1, -0.05) is 265 Å². The highest BCUT2D eigenvalue weighted by Crippen LogP contribution is 2.15. The lowest BCUT2D eigenvalue weighted by molar-refractivity contribution is -0.167. The van der Waals surface area contributed by atoms with Gasteiger partial charge in [0.2, 0.25) is 0 Å². The quantitative estimate of drug-likeness (QED) is 0.0261. The summed E-state index contributed by atoms with van der Waals surface area (Å²) >= 11 is 0. The summed E-state index contributed by atoms with van der Waals surface area (Å²) in [5.74, 6) is -0.905. The molecule has 0 aliphatic carbocycles. The molecule has 0 aromatic rings. The van der Waals surface area contributed by atoms with Gasteiger partial charge in [-0.15, -0.1) is 0 Å². The molecule has 422 valence electrons. The van der Waals surface area contributed by atoms with Crippen molar-refractivity contribution in [3.05, 3.63) is 109 Å². The second-order valence-corrected chi connectivity index (χ2v) is 20.2. The van der Waals surface area contributed by atoms with Crippen LogP contribution in [0.15, 0.2) is 109 Å². The third kappa shape index (κ3) is 59.0. The molecule has 0 aliphatic heterocycles. The molecule has 0 aromatic heterocycles. The van der Waals surface area contributed by atoms with E-state index in [1.54, 1.807) is 0 Å². The standard InChI is InChI=1S/C68H114O6/c1-4-7-10-13-16-19-22-24-26-27-28-29-30-31-32-33-34-35-36-37-38-39-40-41-42-44-46-49-52-55-58-61-67(70)73-64-65(63-72-66(69)60-57-54-51-48-45-21-18-15-12-9-6-3)74-68(71)62-59-56-53-50-47-43-25-23-20-17-14-11-8-5-2/h7,10,16,19,23-26,28-29,31-32,34-35,37-38,40-41,65H,4-6,8-9,11-15,17-18,20-22,27,30,33,36,39,42-64H2,1-3H3/b10-7-,19-16-,25-23-,26-24-,29-28-,32-31-,35-34-,38-37-,41-40-. The fourth-order valence-corrected chi connectivity index (χ4v) is 8.39. The van der Waals surface area contributed by atoms with Crippen LogP contribution in [0.2, 0.25) is 0 Å². The minimum Gasteiger partial charge on any atom is -0.462 e.